The van der Waals surface area contributed by atoms with E-state index in [1.807, 2.05) is 105 Å². The summed E-state index contributed by atoms with van der Waals surface area (Å²) in [7, 11) is 2.63. The van der Waals surface area contributed by atoms with Crippen LogP contribution in [0.5, 0.6) is 11.5 Å². The third-order valence-electron chi connectivity index (χ3n) is 13.0. The number of rotatable bonds is 51. The van der Waals surface area contributed by atoms with E-state index in [1.54, 1.807) is 0 Å². The first kappa shape index (κ1) is 74.2. The third kappa shape index (κ3) is 43.7. The second kappa shape index (κ2) is 42.8. The highest BCUT2D eigenvalue weighted by molar-refractivity contribution is 7.47. The van der Waals surface area contributed by atoms with E-state index in [-0.39, 0.29) is 52.1 Å². The molecular weight excluding hydrogens is 1100 g/mol. The molecule has 0 spiro atoms. The molecule has 22 heteroatoms. The van der Waals surface area contributed by atoms with Crippen molar-refractivity contribution in [3.8, 4) is 11.5 Å². The Morgan fingerprint density at radius 2 is 0.671 bits per heavy atom. The van der Waals surface area contributed by atoms with Crippen molar-refractivity contribution in [3.05, 3.63) is 59.7 Å². The van der Waals surface area contributed by atoms with Crippen molar-refractivity contribution in [1.29, 1.82) is 0 Å². The Bertz CT molecular complexity index is 1980. The topological polar surface area (TPSA) is 235 Å². The molecule has 0 aliphatic carbocycles. The van der Waals surface area contributed by atoms with Gasteiger partial charge < -0.3 is 47.2 Å². The van der Waals surface area contributed by atoms with Gasteiger partial charge in [0.2, 0.25) is 0 Å². The molecule has 470 valence electrons. The maximum Gasteiger partial charge on any atom is 0.472 e. The number of phosphoric ester groups is 2. The normalized spacial score (nSPS) is 14.0. The van der Waals surface area contributed by atoms with Crippen LogP contribution in [0.4, 0.5) is 0 Å². The monoisotopic (exact) mass is 1200 g/mol. The predicted molar refractivity (Wildman–Crippen MR) is 315 cm³/mol. The van der Waals surface area contributed by atoms with Crippen molar-refractivity contribution in [1.82, 2.24) is 0 Å². The molecule has 0 aliphatic heterocycles. The third-order valence-corrected chi connectivity index (χ3v) is 14.9. The maximum atomic E-state index is 12.7. The zero-order valence-corrected chi connectivity index (χ0v) is 52.8. The zero-order chi connectivity index (χ0) is 60.5. The molecule has 2 N–H and O–H groups in total. The molecule has 0 aliphatic rings. The Morgan fingerprint density at radius 1 is 0.390 bits per heavy atom. The average molecular weight is 1200 g/mol. The number of nitrogens with zero attached hydrogens (tertiary/aromatic N) is 2. The fraction of sp³-hybridized carbons (Fsp3) is 0.733. The number of quaternary nitrogens is 2. The Balaban J connectivity index is 1.52. The van der Waals surface area contributed by atoms with E-state index >= 15 is 0 Å². The molecule has 20 nitrogen and oxygen atoms in total. The number of benzene rings is 2. The largest absolute Gasteiger partial charge is 0.494 e. The van der Waals surface area contributed by atoms with Crippen molar-refractivity contribution in [3.63, 3.8) is 0 Å². The van der Waals surface area contributed by atoms with Crippen molar-refractivity contribution in [2.75, 3.05) is 108 Å². The van der Waals surface area contributed by atoms with Crippen LogP contribution in [-0.4, -0.2) is 163 Å². The first-order chi connectivity index (χ1) is 38.9. The summed E-state index contributed by atoms with van der Waals surface area (Å²) < 4.78 is 79.8. The Morgan fingerprint density at radius 3 is 0.963 bits per heavy atom. The van der Waals surface area contributed by atoms with E-state index in [0.29, 0.717) is 72.5 Å². The number of likely N-dealkylation sites (N-methyl/N-ethyl adjacent to an activating group) is 2. The van der Waals surface area contributed by atoms with Gasteiger partial charge in [-0.1, -0.05) is 138 Å². The summed E-state index contributed by atoms with van der Waals surface area (Å²) >= 11 is 0. The van der Waals surface area contributed by atoms with E-state index < -0.39 is 64.9 Å². The molecule has 2 unspecified atom stereocenters. The van der Waals surface area contributed by atoms with Crippen LogP contribution in [-0.2, 0) is 65.4 Å². The molecule has 0 fully saturated rings. The first-order valence-corrected chi connectivity index (χ1v) is 32.8. The van der Waals surface area contributed by atoms with Gasteiger partial charge in [-0.2, -0.15) is 0 Å². The summed E-state index contributed by atoms with van der Waals surface area (Å²) in [5.74, 6) is -0.637. The minimum atomic E-state index is -4.45. The van der Waals surface area contributed by atoms with E-state index in [0.717, 1.165) is 62.5 Å². The van der Waals surface area contributed by atoms with Crippen molar-refractivity contribution >= 4 is 39.5 Å². The summed E-state index contributed by atoms with van der Waals surface area (Å²) in [5.41, 5.74) is 2.22. The summed E-state index contributed by atoms with van der Waals surface area (Å²) in [6.45, 7) is 3.86. The molecule has 0 saturated heterocycles. The van der Waals surface area contributed by atoms with Gasteiger partial charge in [-0.15, -0.1) is 0 Å². The second-order valence-electron chi connectivity index (χ2n) is 23.2. The lowest BCUT2D eigenvalue weighted by atomic mass is 10.0. The van der Waals surface area contributed by atoms with Gasteiger partial charge in [0.15, 0.2) is 12.2 Å². The molecule has 2 aromatic carbocycles. The first-order valence-electron chi connectivity index (χ1n) is 29.8. The lowest BCUT2D eigenvalue weighted by Gasteiger charge is -2.24. The van der Waals surface area contributed by atoms with E-state index in [9.17, 15) is 38.1 Å². The van der Waals surface area contributed by atoms with Gasteiger partial charge in [0.1, 0.15) is 51.0 Å². The SMILES string of the molecule is Cc1ccc(OCCCC(=O)O[C@H](COC(=O)CCCCCCCCCCCCCCCCCCCCC(=O)OC[C@H](COP(=O)(O)OCC[N+](C)(C)C)OC(=O)CCCOc2ccc(C)cc2)COP(=O)(O)OCC[N+](C)(C)C)cc1. The zero-order valence-electron chi connectivity index (χ0n) is 51.0. The number of hydrogen-bond acceptors (Lipinski definition) is 16. The molecule has 4 atom stereocenters. The number of phosphoric acid groups is 2. The minimum absolute atomic E-state index is 0.0160. The number of ether oxygens (including phenoxy) is 6. The van der Waals surface area contributed by atoms with Gasteiger partial charge in [0.25, 0.3) is 0 Å². The number of hydrogen-bond donors (Lipinski definition) is 2. The van der Waals surface area contributed by atoms with Gasteiger partial charge in [-0.3, -0.25) is 37.3 Å². The number of esters is 4. The van der Waals surface area contributed by atoms with Gasteiger partial charge >= 0.3 is 39.5 Å². The summed E-state index contributed by atoms with van der Waals surface area (Å²) in [4.78, 5) is 71.0. The van der Waals surface area contributed by atoms with Gasteiger partial charge in [0, 0.05) is 25.7 Å². The van der Waals surface area contributed by atoms with Crippen molar-refractivity contribution in [2.45, 2.75) is 180 Å². The van der Waals surface area contributed by atoms with Crippen LogP contribution >= 0.6 is 15.6 Å². The lowest BCUT2D eigenvalue weighted by molar-refractivity contribution is -0.870. The second-order valence-corrected chi connectivity index (χ2v) is 26.1. The highest BCUT2D eigenvalue weighted by Gasteiger charge is 2.29. The molecule has 0 radical (unpaired) electrons. The highest BCUT2D eigenvalue weighted by atomic mass is 31.2. The summed E-state index contributed by atoms with van der Waals surface area (Å²) in [6, 6.07) is 15.2. The van der Waals surface area contributed by atoms with Crippen LogP contribution < -0.4 is 9.47 Å². The fourth-order valence-corrected chi connectivity index (χ4v) is 9.46. The lowest BCUT2D eigenvalue weighted by Crippen LogP contribution is -2.37. The van der Waals surface area contributed by atoms with Crippen LogP contribution in [0.3, 0.4) is 0 Å². The Kier molecular flexibility index (Phi) is 38.7. The quantitative estimate of drug-likeness (QED) is 0.0206. The molecule has 0 aromatic heterocycles. The van der Waals surface area contributed by atoms with Crippen LogP contribution in [0, 0.1) is 13.8 Å². The van der Waals surface area contributed by atoms with Gasteiger partial charge in [0.05, 0.1) is 68.7 Å². The number of carbonyl (C=O) groups excluding carboxylic acids is 4. The smallest absolute Gasteiger partial charge is 0.472 e. The summed E-state index contributed by atoms with van der Waals surface area (Å²) in [6.07, 6.45) is 18.6. The molecular formula is C60H104N2O18P2+2. The van der Waals surface area contributed by atoms with Crippen LogP contribution in [0.1, 0.15) is 165 Å². The van der Waals surface area contributed by atoms with Crippen LogP contribution in [0.15, 0.2) is 48.5 Å². The number of unbranched alkanes of at least 4 members (excludes halogenated alkanes) is 17. The Hall–Kier alpha value is -3.94. The molecule has 0 heterocycles. The van der Waals surface area contributed by atoms with Crippen LogP contribution in [0.25, 0.3) is 0 Å². The molecule has 0 saturated carbocycles. The summed E-state index contributed by atoms with van der Waals surface area (Å²) in [5, 5.41) is 0. The Labute approximate surface area is 490 Å². The van der Waals surface area contributed by atoms with E-state index in [4.69, 9.17) is 46.5 Å². The molecule has 2 aromatic rings. The molecule has 2 rings (SSSR count). The number of aryl methyl sites for hydroxylation is 2. The average Bonchev–Trinajstić information content (AvgIpc) is 3.41. The van der Waals surface area contributed by atoms with Gasteiger partial charge in [-0.25, -0.2) is 9.13 Å². The minimum Gasteiger partial charge on any atom is -0.494 e. The fourth-order valence-electron chi connectivity index (χ4n) is 7.98. The molecule has 82 heavy (non-hydrogen) atoms. The van der Waals surface area contributed by atoms with Crippen molar-refractivity contribution < 1.29 is 93.6 Å². The van der Waals surface area contributed by atoms with E-state index in [1.165, 1.54) is 51.4 Å². The van der Waals surface area contributed by atoms with Crippen molar-refractivity contribution in [2.24, 2.45) is 0 Å². The van der Waals surface area contributed by atoms with Gasteiger partial charge in [-0.05, 0) is 63.8 Å². The molecule has 0 amide bonds. The highest BCUT2D eigenvalue weighted by Crippen LogP contribution is 2.44. The standard InChI is InChI=1S/C60H102N2O18P2/c1-51-33-37-53(38-34-51)71-43-27-31-59(65)79-55(49-77-81(67,68)75-45-41-61(3,4)5)47-73-57(63)29-25-23-21-19-17-15-13-11-9-10-12-14-16-18-20-22-24-26-30-58(64)74-48-56(50-78-82(69,70)76-46-42-62(6,7)8)80-60(66)32-28-44-72-54-39-35-52(2)36-40-54/h33-40,55-56H,9-32,41-50H2,1-8H3/p+2/t55-,56-/m1/s1. The number of carbonyl (C=O) groups is 4. The predicted octanol–water partition coefficient (Wildman–Crippen LogP) is 11.7. The molecule has 0 bridgehead atoms. The van der Waals surface area contributed by atoms with Crippen LogP contribution in [0.2, 0.25) is 0 Å². The van der Waals surface area contributed by atoms with E-state index in [2.05, 4.69) is 0 Å². The maximum absolute atomic E-state index is 12.7.